The topological polar surface area (TPSA) is 78.9 Å². The second-order valence-electron chi connectivity index (χ2n) is 15.3. The SMILES string of the molecule is CC/C=C\C/C=C\C/C=C\CCCCC(=O)OCC(COC(=O)CCC/C=C\C/C=C\C/C=C\C/C=C\CCCCC)OC(=O)CC/C=C\C/C=C\CCCCCCCC. The second-order valence-corrected chi connectivity index (χ2v) is 15.3. The van der Waals surface area contributed by atoms with E-state index in [1.807, 2.05) is 6.08 Å². The van der Waals surface area contributed by atoms with Gasteiger partial charge >= 0.3 is 17.9 Å². The van der Waals surface area contributed by atoms with Crippen LogP contribution in [-0.4, -0.2) is 37.2 Å². The second kappa shape index (κ2) is 47.7. The summed E-state index contributed by atoms with van der Waals surface area (Å²) in [6.07, 6.45) is 63.8. The molecule has 6 nitrogen and oxygen atoms in total. The minimum atomic E-state index is -0.846. The third-order valence-corrected chi connectivity index (χ3v) is 9.49. The summed E-state index contributed by atoms with van der Waals surface area (Å²) in [5.41, 5.74) is 0. The number of allylic oxidation sites excluding steroid dienone is 18. The normalized spacial score (nSPS) is 13.1. The van der Waals surface area contributed by atoms with Gasteiger partial charge in [0.15, 0.2) is 6.10 Å². The Morgan fingerprint density at radius 2 is 0.700 bits per heavy atom. The van der Waals surface area contributed by atoms with Gasteiger partial charge in [-0.15, -0.1) is 0 Å². The summed E-state index contributed by atoms with van der Waals surface area (Å²) in [5.74, 6) is -1.11. The van der Waals surface area contributed by atoms with Crippen LogP contribution >= 0.6 is 0 Å². The molecule has 0 saturated carbocycles. The van der Waals surface area contributed by atoms with Crippen molar-refractivity contribution in [3.8, 4) is 0 Å². The van der Waals surface area contributed by atoms with Crippen LogP contribution < -0.4 is 0 Å². The Hall–Kier alpha value is -3.93. The number of carbonyl (C=O) groups excluding carboxylic acids is 3. The lowest BCUT2D eigenvalue weighted by atomic mass is 10.1. The van der Waals surface area contributed by atoms with Gasteiger partial charge in [-0.25, -0.2) is 0 Å². The molecule has 0 aliphatic heterocycles. The quantitative estimate of drug-likeness (QED) is 0.0264. The molecule has 1 atom stereocenters. The summed E-state index contributed by atoms with van der Waals surface area (Å²) in [4.78, 5) is 37.8. The number of hydrogen-bond donors (Lipinski definition) is 0. The average molecular weight is 831 g/mol. The first-order valence-electron chi connectivity index (χ1n) is 23.9. The molecule has 338 valence electrons. The molecule has 0 rings (SSSR count). The smallest absolute Gasteiger partial charge is 0.306 e. The van der Waals surface area contributed by atoms with E-state index in [1.165, 1.54) is 64.2 Å². The van der Waals surface area contributed by atoms with Gasteiger partial charge in [0.05, 0.1) is 0 Å². The van der Waals surface area contributed by atoms with E-state index in [2.05, 4.69) is 124 Å². The van der Waals surface area contributed by atoms with Crippen molar-refractivity contribution in [3.63, 3.8) is 0 Å². The molecule has 0 aromatic rings. The van der Waals surface area contributed by atoms with E-state index in [9.17, 15) is 14.4 Å². The highest BCUT2D eigenvalue weighted by Gasteiger charge is 2.19. The molecule has 0 aliphatic carbocycles. The predicted octanol–water partition coefficient (Wildman–Crippen LogP) is 15.6. The van der Waals surface area contributed by atoms with Crippen LogP contribution in [0.25, 0.3) is 0 Å². The van der Waals surface area contributed by atoms with Gasteiger partial charge in [-0.1, -0.05) is 175 Å². The minimum Gasteiger partial charge on any atom is -0.462 e. The minimum absolute atomic E-state index is 0.140. The van der Waals surface area contributed by atoms with Crippen molar-refractivity contribution < 1.29 is 28.6 Å². The number of unbranched alkanes of at least 4 members (excludes halogenated alkanes) is 12. The first kappa shape index (κ1) is 56.1. The fourth-order valence-electron chi connectivity index (χ4n) is 5.91. The maximum atomic E-state index is 12.7. The molecular weight excluding hydrogens is 745 g/mol. The number of carbonyl (C=O) groups is 3. The maximum Gasteiger partial charge on any atom is 0.306 e. The molecule has 0 fully saturated rings. The molecule has 0 amide bonds. The highest BCUT2D eigenvalue weighted by Crippen LogP contribution is 2.10. The van der Waals surface area contributed by atoms with Crippen molar-refractivity contribution in [2.75, 3.05) is 13.2 Å². The van der Waals surface area contributed by atoms with Crippen LogP contribution in [-0.2, 0) is 28.6 Å². The molecule has 0 saturated heterocycles. The molecule has 0 heterocycles. The zero-order valence-electron chi connectivity index (χ0n) is 38.4. The van der Waals surface area contributed by atoms with E-state index in [1.54, 1.807) is 0 Å². The molecular formula is C54H86O6. The van der Waals surface area contributed by atoms with Gasteiger partial charge in [-0.05, 0) is 109 Å². The lowest BCUT2D eigenvalue weighted by molar-refractivity contribution is -0.166. The molecule has 0 aromatic carbocycles. The summed E-state index contributed by atoms with van der Waals surface area (Å²) in [7, 11) is 0. The highest BCUT2D eigenvalue weighted by atomic mass is 16.6. The summed E-state index contributed by atoms with van der Waals surface area (Å²) < 4.78 is 16.6. The third kappa shape index (κ3) is 45.2. The first-order chi connectivity index (χ1) is 29.5. The van der Waals surface area contributed by atoms with E-state index >= 15 is 0 Å². The lowest BCUT2D eigenvalue weighted by Gasteiger charge is -2.18. The predicted molar refractivity (Wildman–Crippen MR) is 256 cm³/mol. The molecule has 0 radical (unpaired) electrons. The summed E-state index contributed by atoms with van der Waals surface area (Å²) in [6, 6.07) is 0. The standard InChI is InChI=1S/C54H86O6/c1-4-7-10-13-16-19-22-25-26-27-28-30-32-35-38-41-44-47-53(56)59-50-51(49-58-52(55)46-43-40-37-34-31-24-21-18-15-12-9-6-3)60-54(57)48-45-42-39-36-33-29-23-20-17-14-11-8-5-2/h9,12,16,18-19,21,25-26,28-31,33-35,38-39,42,51H,4-8,10-11,13-15,17,20,22-24,27,32,36-37,40-41,43-50H2,1-3H3/b12-9-,19-16-,21-18-,26-25-,30-28-,33-29-,34-31-,38-35-,42-39-. The zero-order chi connectivity index (χ0) is 43.7. The monoisotopic (exact) mass is 831 g/mol. The first-order valence-corrected chi connectivity index (χ1v) is 23.9. The number of hydrogen-bond acceptors (Lipinski definition) is 6. The Morgan fingerprint density at radius 1 is 0.350 bits per heavy atom. The molecule has 6 heteroatoms. The van der Waals surface area contributed by atoms with Gasteiger partial charge in [-0.2, -0.15) is 0 Å². The van der Waals surface area contributed by atoms with Gasteiger partial charge in [0.1, 0.15) is 13.2 Å². The molecule has 0 aliphatic rings. The van der Waals surface area contributed by atoms with Crippen LogP contribution in [0.5, 0.6) is 0 Å². The Morgan fingerprint density at radius 3 is 1.18 bits per heavy atom. The van der Waals surface area contributed by atoms with Crippen molar-refractivity contribution in [2.45, 2.75) is 200 Å². The van der Waals surface area contributed by atoms with Crippen LogP contribution in [0.15, 0.2) is 109 Å². The largest absolute Gasteiger partial charge is 0.462 e. The number of esters is 3. The van der Waals surface area contributed by atoms with Gasteiger partial charge in [0, 0.05) is 19.3 Å². The number of rotatable bonds is 41. The van der Waals surface area contributed by atoms with Crippen LogP contribution in [0.3, 0.4) is 0 Å². The van der Waals surface area contributed by atoms with Crippen molar-refractivity contribution >= 4 is 17.9 Å². The van der Waals surface area contributed by atoms with E-state index in [-0.39, 0.29) is 44.4 Å². The average Bonchev–Trinajstić information content (AvgIpc) is 3.24. The summed E-state index contributed by atoms with van der Waals surface area (Å²) >= 11 is 0. The van der Waals surface area contributed by atoms with Crippen molar-refractivity contribution in [2.24, 2.45) is 0 Å². The molecule has 0 spiro atoms. The molecule has 0 bridgehead atoms. The van der Waals surface area contributed by atoms with E-state index in [4.69, 9.17) is 14.2 Å². The van der Waals surface area contributed by atoms with Crippen LogP contribution in [0.2, 0.25) is 0 Å². The lowest BCUT2D eigenvalue weighted by Crippen LogP contribution is -2.30. The Labute approximate surface area is 368 Å². The summed E-state index contributed by atoms with van der Waals surface area (Å²) in [6.45, 7) is 6.32. The van der Waals surface area contributed by atoms with E-state index < -0.39 is 12.1 Å². The van der Waals surface area contributed by atoms with Crippen molar-refractivity contribution in [1.82, 2.24) is 0 Å². The summed E-state index contributed by atoms with van der Waals surface area (Å²) in [5, 5.41) is 0. The zero-order valence-corrected chi connectivity index (χ0v) is 38.4. The van der Waals surface area contributed by atoms with Gasteiger partial charge < -0.3 is 14.2 Å². The highest BCUT2D eigenvalue weighted by molar-refractivity contribution is 5.71. The van der Waals surface area contributed by atoms with Crippen LogP contribution in [0, 0.1) is 0 Å². The molecule has 0 aromatic heterocycles. The van der Waals surface area contributed by atoms with Crippen LogP contribution in [0.4, 0.5) is 0 Å². The molecule has 60 heavy (non-hydrogen) atoms. The van der Waals surface area contributed by atoms with Crippen molar-refractivity contribution in [1.29, 1.82) is 0 Å². The van der Waals surface area contributed by atoms with Gasteiger partial charge in [-0.3, -0.25) is 14.4 Å². The van der Waals surface area contributed by atoms with Crippen molar-refractivity contribution in [3.05, 3.63) is 109 Å². The Bertz CT molecular complexity index is 1280. The molecule has 0 N–H and O–H groups in total. The van der Waals surface area contributed by atoms with E-state index in [0.29, 0.717) is 19.3 Å². The fraction of sp³-hybridized carbons (Fsp3) is 0.611. The maximum absolute atomic E-state index is 12.7. The van der Waals surface area contributed by atoms with Gasteiger partial charge in [0.25, 0.3) is 0 Å². The van der Waals surface area contributed by atoms with E-state index in [0.717, 1.165) is 70.6 Å². The fourth-order valence-corrected chi connectivity index (χ4v) is 5.91. The molecule has 1 unspecified atom stereocenters. The number of ether oxygens (including phenoxy) is 3. The van der Waals surface area contributed by atoms with Gasteiger partial charge in [0.2, 0.25) is 0 Å². The third-order valence-electron chi connectivity index (χ3n) is 9.49. The Kier molecular flexibility index (Phi) is 44.6. The Balaban J connectivity index is 4.60. The van der Waals surface area contributed by atoms with Crippen LogP contribution in [0.1, 0.15) is 194 Å².